The molecule has 2 aromatic rings. The Morgan fingerprint density at radius 1 is 1.08 bits per heavy atom. The molecule has 2 fully saturated rings. The number of ether oxygens (including phenoxy) is 1. The molecule has 0 bridgehead atoms. The fraction of sp³-hybridized carbons (Fsp3) is 0.526. The van der Waals surface area contributed by atoms with E-state index in [0.29, 0.717) is 32.4 Å². The van der Waals surface area contributed by atoms with Crippen LogP contribution in [0.1, 0.15) is 80.4 Å². The highest BCUT2D eigenvalue weighted by Crippen LogP contribution is 2.45. The van der Waals surface area contributed by atoms with Gasteiger partial charge in [0, 0.05) is 37.8 Å². The predicted molar refractivity (Wildman–Crippen MR) is 190 cm³/mol. The zero-order valence-corrected chi connectivity index (χ0v) is 30.0. The van der Waals surface area contributed by atoms with Crippen LogP contribution < -0.4 is 16.0 Å². The Bertz CT molecular complexity index is 1750. The molecule has 1 aliphatic carbocycles. The van der Waals surface area contributed by atoms with E-state index in [0.717, 1.165) is 24.0 Å². The maximum Gasteiger partial charge on any atom is 0.410 e. The molecule has 4 N–H and O–H groups in total. The zero-order valence-electron chi connectivity index (χ0n) is 30.0. The van der Waals surface area contributed by atoms with Crippen molar-refractivity contribution in [3.05, 3.63) is 71.8 Å². The molecule has 15 heteroatoms. The van der Waals surface area contributed by atoms with Crippen LogP contribution in [0.4, 0.5) is 4.79 Å². The maximum absolute atomic E-state index is 14.5. The average molecular weight is 730 g/mol. The molecule has 6 rings (SSSR count). The summed E-state index contributed by atoms with van der Waals surface area (Å²) in [6, 6.07) is 4.59. The fourth-order valence-electron chi connectivity index (χ4n) is 7.44. The van der Waals surface area contributed by atoms with Crippen molar-refractivity contribution in [1.82, 2.24) is 35.7 Å². The number of allylic oxidation sites excluding steroid dienone is 1. The number of hydrogen-bond acceptors (Lipinski definition) is 9. The molecule has 53 heavy (non-hydrogen) atoms. The summed E-state index contributed by atoms with van der Waals surface area (Å²) in [7, 11) is 0. The Balaban J connectivity index is 1.23. The highest BCUT2D eigenvalue weighted by atomic mass is 16.6. The number of nitrogens with zero attached hydrogens (tertiary/aromatic N) is 4. The zero-order chi connectivity index (χ0) is 37.7. The normalized spacial score (nSPS) is 26.5. The van der Waals surface area contributed by atoms with Gasteiger partial charge in [0.15, 0.2) is 0 Å². The van der Waals surface area contributed by atoms with E-state index >= 15 is 0 Å². The van der Waals surface area contributed by atoms with Gasteiger partial charge in [0.2, 0.25) is 17.7 Å². The highest BCUT2D eigenvalue weighted by molar-refractivity contribution is 5.98. The third-order valence-corrected chi connectivity index (χ3v) is 10.6. The van der Waals surface area contributed by atoms with Gasteiger partial charge in [-0.1, -0.05) is 63.1 Å². The minimum Gasteiger partial charge on any atom is -0.479 e. The number of carboxylic acid groups (broad SMARTS) is 1. The van der Waals surface area contributed by atoms with E-state index < -0.39 is 71.4 Å². The quantitative estimate of drug-likeness (QED) is 0.307. The topological polar surface area (TPSA) is 200 Å². The molecular formula is C38H47N7O8. The lowest BCUT2D eigenvalue weighted by atomic mass is 10.0. The number of carbonyl (C=O) groups excluding carboxylic acids is 5. The predicted octanol–water partition coefficient (Wildman–Crippen LogP) is 2.36. The van der Waals surface area contributed by atoms with Crippen LogP contribution in [-0.4, -0.2) is 103 Å². The molecule has 4 heterocycles. The standard InChI is InChI=1S/C38H47N7O8/c1-23(2)31(42-32(46)29-20-39-15-16-40-29)34(48)41-28-13-7-5-3-4-6-12-26-19-38(26,36(50)51)43-33(47)30-18-27(22-45(30)35(28)49)53-37(52)44-17-14-24-10-8-9-11-25(24)21-44/h6,8-12,15-16,20,23,26-28,30-31H,3-5,7,13-14,17-19,21-22H2,1-2H3,(H,41,48)(H,42,46)(H,43,47)(H,50,51)/t26-,27-,28+,30+,31-,38-/m1/s1. The minimum atomic E-state index is -1.50. The molecule has 1 aromatic carbocycles. The SMILES string of the molecule is CC(C)[C@@H](NC(=O)c1cnccn1)C(=O)N[C@H]1CCCCCC=C[C@@H]2C[C@@]2(C(=O)O)NC(=O)[C@@H]2C[C@@H](OC(=O)N3CCc4ccccc4C3)CN2C1=O. The van der Waals surface area contributed by atoms with Crippen molar-refractivity contribution in [1.29, 1.82) is 0 Å². The van der Waals surface area contributed by atoms with Gasteiger partial charge < -0.3 is 35.6 Å². The van der Waals surface area contributed by atoms with E-state index in [2.05, 4.69) is 25.9 Å². The van der Waals surface area contributed by atoms with Crippen molar-refractivity contribution in [2.75, 3.05) is 13.1 Å². The number of amides is 5. The van der Waals surface area contributed by atoms with Gasteiger partial charge in [-0.25, -0.2) is 14.6 Å². The molecule has 3 aliphatic heterocycles. The number of hydrogen-bond donors (Lipinski definition) is 4. The molecule has 1 aromatic heterocycles. The van der Waals surface area contributed by atoms with Crippen molar-refractivity contribution >= 4 is 35.7 Å². The van der Waals surface area contributed by atoms with Gasteiger partial charge in [0.05, 0.1) is 12.7 Å². The largest absolute Gasteiger partial charge is 0.479 e. The summed E-state index contributed by atoms with van der Waals surface area (Å²) >= 11 is 0. The molecule has 0 radical (unpaired) electrons. The summed E-state index contributed by atoms with van der Waals surface area (Å²) in [5.74, 6) is -4.34. The average Bonchev–Trinajstić information content (AvgIpc) is 3.69. The van der Waals surface area contributed by atoms with Crippen molar-refractivity contribution in [2.24, 2.45) is 11.8 Å². The molecule has 15 nitrogen and oxygen atoms in total. The monoisotopic (exact) mass is 729 g/mol. The summed E-state index contributed by atoms with van der Waals surface area (Å²) in [6.45, 7) is 4.21. The second-order valence-corrected chi connectivity index (χ2v) is 14.7. The van der Waals surface area contributed by atoms with E-state index in [1.807, 2.05) is 36.4 Å². The molecule has 0 spiro atoms. The Labute approximate surface area is 307 Å². The summed E-state index contributed by atoms with van der Waals surface area (Å²) in [5.41, 5.74) is 0.704. The molecule has 0 unspecified atom stereocenters. The number of aromatic nitrogens is 2. The third-order valence-electron chi connectivity index (χ3n) is 10.6. The number of carbonyl (C=O) groups is 6. The fourth-order valence-corrected chi connectivity index (χ4v) is 7.44. The molecular weight excluding hydrogens is 682 g/mol. The van der Waals surface area contributed by atoms with E-state index in [9.17, 15) is 33.9 Å². The van der Waals surface area contributed by atoms with Crippen LogP contribution in [-0.2, 0) is 36.9 Å². The van der Waals surface area contributed by atoms with Crippen LogP contribution in [0.25, 0.3) is 0 Å². The molecule has 1 saturated carbocycles. The van der Waals surface area contributed by atoms with Crippen LogP contribution in [0, 0.1) is 11.8 Å². The van der Waals surface area contributed by atoms with E-state index in [4.69, 9.17) is 4.74 Å². The molecule has 4 aliphatic rings. The van der Waals surface area contributed by atoms with Crippen LogP contribution in [0.2, 0.25) is 0 Å². The van der Waals surface area contributed by atoms with E-state index in [-0.39, 0.29) is 37.4 Å². The Morgan fingerprint density at radius 3 is 2.60 bits per heavy atom. The summed E-state index contributed by atoms with van der Waals surface area (Å²) in [4.78, 5) is 92.0. The number of carboxylic acids is 1. The maximum atomic E-state index is 14.5. The van der Waals surface area contributed by atoms with Gasteiger partial charge in [-0.05, 0) is 49.1 Å². The summed E-state index contributed by atoms with van der Waals surface area (Å²) in [5, 5.41) is 18.4. The van der Waals surface area contributed by atoms with Crippen molar-refractivity contribution < 1.29 is 38.6 Å². The Hall–Kier alpha value is -5.34. The lowest BCUT2D eigenvalue weighted by Gasteiger charge is -2.31. The van der Waals surface area contributed by atoms with E-state index in [1.54, 1.807) is 18.7 Å². The first-order valence-corrected chi connectivity index (χ1v) is 18.4. The number of benzene rings is 1. The lowest BCUT2D eigenvalue weighted by Crippen LogP contribution is -2.58. The number of rotatable bonds is 7. The Kier molecular flexibility index (Phi) is 11.4. The minimum absolute atomic E-state index is 0.0299. The first-order valence-electron chi connectivity index (χ1n) is 18.4. The van der Waals surface area contributed by atoms with Crippen molar-refractivity contribution in [3.8, 4) is 0 Å². The van der Waals surface area contributed by atoms with Gasteiger partial charge in [-0.2, -0.15) is 0 Å². The molecule has 5 amide bonds. The molecule has 1 saturated heterocycles. The van der Waals surface area contributed by atoms with Gasteiger partial charge in [-0.15, -0.1) is 0 Å². The smallest absolute Gasteiger partial charge is 0.410 e. The number of nitrogens with one attached hydrogen (secondary N) is 3. The van der Waals surface area contributed by atoms with Gasteiger partial charge in [0.25, 0.3) is 5.91 Å². The summed E-state index contributed by atoms with van der Waals surface area (Å²) < 4.78 is 5.93. The molecule has 6 atom stereocenters. The van der Waals surface area contributed by atoms with Crippen LogP contribution in [0.5, 0.6) is 0 Å². The molecule has 282 valence electrons. The van der Waals surface area contributed by atoms with Gasteiger partial charge in [-0.3, -0.25) is 24.2 Å². The Morgan fingerprint density at radius 2 is 1.87 bits per heavy atom. The van der Waals surface area contributed by atoms with Gasteiger partial charge >= 0.3 is 12.1 Å². The third kappa shape index (κ3) is 8.50. The number of fused-ring (bicyclic) bond motifs is 3. The summed E-state index contributed by atoms with van der Waals surface area (Å²) in [6.07, 6.45) is 10.3. The second kappa shape index (κ2) is 16.1. The van der Waals surface area contributed by atoms with Crippen LogP contribution in [0.3, 0.4) is 0 Å². The highest BCUT2D eigenvalue weighted by Gasteiger charge is 2.61. The first kappa shape index (κ1) is 37.4. The second-order valence-electron chi connectivity index (χ2n) is 14.7. The van der Waals surface area contributed by atoms with E-state index in [1.165, 1.54) is 23.5 Å². The van der Waals surface area contributed by atoms with Crippen LogP contribution in [0.15, 0.2) is 55.0 Å². The van der Waals surface area contributed by atoms with Gasteiger partial charge in [0.1, 0.15) is 35.5 Å². The first-order chi connectivity index (χ1) is 25.5. The van der Waals surface area contributed by atoms with Crippen molar-refractivity contribution in [3.63, 3.8) is 0 Å². The van der Waals surface area contributed by atoms with Crippen molar-refractivity contribution in [2.45, 2.75) is 102 Å². The lowest BCUT2D eigenvalue weighted by molar-refractivity contribution is -0.146. The van der Waals surface area contributed by atoms with Crippen LogP contribution >= 0.6 is 0 Å². The number of aliphatic carboxylic acids is 1.